The normalized spacial score (nSPS) is 28.3. The Morgan fingerprint density at radius 2 is 1.90 bits per heavy atom. The van der Waals surface area contributed by atoms with Crippen molar-refractivity contribution in [1.29, 1.82) is 5.26 Å². The maximum Gasteiger partial charge on any atom is 0.307 e. The SMILES string of the molecule is N#CCCN1CCN(S(=O)(=O)C2CCCC2C(=O)O)CC1. The number of carbonyl (C=O) groups is 1. The summed E-state index contributed by atoms with van der Waals surface area (Å²) in [6.07, 6.45) is 1.98. The van der Waals surface area contributed by atoms with Crippen LogP contribution in [-0.4, -0.2) is 66.7 Å². The molecule has 118 valence electrons. The molecule has 0 radical (unpaired) electrons. The van der Waals surface area contributed by atoms with E-state index in [4.69, 9.17) is 10.4 Å². The molecule has 2 atom stereocenters. The van der Waals surface area contributed by atoms with Gasteiger partial charge in [-0.15, -0.1) is 0 Å². The molecule has 0 aromatic rings. The number of sulfonamides is 1. The van der Waals surface area contributed by atoms with Gasteiger partial charge in [-0.2, -0.15) is 9.57 Å². The largest absolute Gasteiger partial charge is 0.481 e. The minimum absolute atomic E-state index is 0.386. The molecule has 0 bridgehead atoms. The molecular weight excluding hydrogens is 294 g/mol. The fourth-order valence-electron chi connectivity index (χ4n) is 3.17. The Morgan fingerprint density at radius 3 is 2.48 bits per heavy atom. The molecule has 2 unspecified atom stereocenters. The van der Waals surface area contributed by atoms with Crippen LogP contribution in [0.5, 0.6) is 0 Å². The van der Waals surface area contributed by atoms with Crippen LogP contribution in [0, 0.1) is 17.2 Å². The summed E-state index contributed by atoms with van der Waals surface area (Å²) < 4.78 is 26.7. The minimum atomic E-state index is -3.54. The van der Waals surface area contributed by atoms with Crippen LogP contribution in [-0.2, 0) is 14.8 Å². The van der Waals surface area contributed by atoms with E-state index in [0.29, 0.717) is 58.4 Å². The van der Waals surface area contributed by atoms with Gasteiger partial charge >= 0.3 is 5.97 Å². The Hall–Kier alpha value is -1.17. The van der Waals surface area contributed by atoms with Crippen molar-refractivity contribution in [3.8, 4) is 6.07 Å². The first kappa shape index (κ1) is 16.2. The molecule has 2 rings (SSSR count). The molecule has 1 aliphatic carbocycles. The molecule has 7 nitrogen and oxygen atoms in total. The lowest BCUT2D eigenvalue weighted by Crippen LogP contribution is -2.52. The molecule has 0 spiro atoms. The molecule has 1 saturated heterocycles. The third-order valence-corrected chi connectivity index (χ3v) is 6.80. The number of aliphatic carboxylic acids is 1. The van der Waals surface area contributed by atoms with E-state index in [2.05, 4.69) is 11.0 Å². The third-order valence-electron chi connectivity index (χ3n) is 4.38. The first-order chi connectivity index (χ1) is 9.96. The van der Waals surface area contributed by atoms with E-state index in [0.717, 1.165) is 0 Å². The summed E-state index contributed by atoms with van der Waals surface area (Å²) in [5.74, 6) is -1.78. The van der Waals surface area contributed by atoms with Crippen LogP contribution >= 0.6 is 0 Å². The van der Waals surface area contributed by atoms with Crippen LogP contribution in [0.3, 0.4) is 0 Å². The van der Waals surface area contributed by atoms with Crippen LogP contribution in [0.2, 0.25) is 0 Å². The maximum atomic E-state index is 12.6. The highest BCUT2D eigenvalue weighted by molar-refractivity contribution is 7.89. The number of carboxylic acid groups (broad SMARTS) is 1. The molecule has 0 aromatic carbocycles. The zero-order chi connectivity index (χ0) is 15.5. The number of rotatable bonds is 5. The van der Waals surface area contributed by atoms with Gasteiger partial charge in [0.25, 0.3) is 0 Å². The van der Waals surface area contributed by atoms with Gasteiger partial charge in [-0.1, -0.05) is 6.42 Å². The Bertz CT molecular complexity index is 520. The lowest BCUT2D eigenvalue weighted by molar-refractivity contribution is -0.141. The molecule has 21 heavy (non-hydrogen) atoms. The molecule has 1 N–H and O–H groups in total. The zero-order valence-electron chi connectivity index (χ0n) is 11.9. The lowest BCUT2D eigenvalue weighted by atomic mass is 10.1. The predicted molar refractivity (Wildman–Crippen MR) is 75.9 cm³/mol. The van der Waals surface area contributed by atoms with E-state index < -0.39 is 27.2 Å². The number of hydrogen-bond donors (Lipinski definition) is 1. The van der Waals surface area contributed by atoms with Crippen LogP contribution in [0.4, 0.5) is 0 Å². The molecular formula is C13H21N3O4S. The standard InChI is InChI=1S/C13H21N3O4S/c14-5-2-6-15-7-9-16(10-8-15)21(19,20)12-4-1-3-11(12)13(17)18/h11-12H,1-4,6-10H2,(H,17,18). The smallest absolute Gasteiger partial charge is 0.307 e. The summed E-state index contributed by atoms with van der Waals surface area (Å²) >= 11 is 0. The molecule has 0 aromatic heterocycles. The van der Waals surface area contributed by atoms with Crippen molar-refractivity contribution in [1.82, 2.24) is 9.21 Å². The fourth-order valence-corrected chi connectivity index (χ4v) is 5.36. The van der Waals surface area contributed by atoms with Crippen LogP contribution in [0.1, 0.15) is 25.7 Å². The van der Waals surface area contributed by atoms with E-state index in [-0.39, 0.29) is 0 Å². The van der Waals surface area contributed by atoms with Crippen molar-refractivity contribution >= 4 is 16.0 Å². The van der Waals surface area contributed by atoms with E-state index in [1.807, 2.05) is 0 Å². The Balaban J connectivity index is 1.98. The number of carboxylic acids is 1. The maximum absolute atomic E-state index is 12.6. The lowest BCUT2D eigenvalue weighted by Gasteiger charge is -2.35. The highest BCUT2D eigenvalue weighted by Gasteiger charge is 2.44. The average molecular weight is 315 g/mol. The highest BCUT2D eigenvalue weighted by Crippen LogP contribution is 2.33. The first-order valence-electron chi connectivity index (χ1n) is 7.28. The summed E-state index contributed by atoms with van der Waals surface area (Å²) in [5.41, 5.74) is 0. The zero-order valence-corrected chi connectivity index (χ0v) is 12.8. The molecule has 2 fully saturated rings. The van der Waals surface area contributed by atoms with Gasteiger partial charge in [0.05, 0.1) is 17.2 Å². The van der Waals surface area contributed by atoms with E-state index in [1.54, 1.807) is 0 Å². The molecule has 8 heteroatoms. The summed E-state index contributed by atoms with van der Waals surface area (Å²) in [5, 5.41) is 16.9. The second-order valence-corrected chi connectivity index (χ2v) is 7.76. The highest BCUT2D eigenvalue weighted by atomic mass is 32.2. The number of piperazine rings is 1. The van der Waals surface area contributed by atoms with Crippen molar-refractivity contribution in [2.75, 3.05) is 32.7 Å². The Morgan fingerprint density at radius 1 is 1.24 bits per heavy atom. The van der Waals surface area contributed by atoms with Crippen molar-refractivity contribution in [2.24, 2.45) is 5.92 Å². The second kappa shape index (κ2) is 6.73. The predicted octanol–water partition coefficient (Wildman–Crippen LogP) is 0.101. The Labute approximate surface area is 125 Å². The van der Waals surface area contributed by atoms with E-state index in [1.165, 1.54) is 4.31 Å². The summed E-state index contributed by atoms with van der Waals surface area (Å²) in [6, 6.07) is 2.08. The van der Waals surface area contributed by atoms with Gasteiger partial charge in [0.2, 0.25) is 10.0 Å². The Kier molecular flexibility index (Phi) is 5.19. The first-order valence-corrected chi connectivity index (χ1v) is 8.78. The number of hydrogen-bond acceptors (Lipinski definition) is 5. The summed E-state index contributed by atoms with van der Waals surface area (Å²) in [4.78, 5) is 13.3. The fraction of sp³-hybridized carbons (Fsp3) is 0.846. The molecule has 1 saturated carbocycles. The molecule has 1 aliphatic heterocycles. The van der Waals surface area contributed by atoms with Crippen LogP contribution in [0.25, 0.3) is 0 Å². The van der Waals surface area contributed by atoms with Gasteiger partial charge in [-0.25, -0.2) is 8.42 Å². The molecule has 1 heterocycles. The third kappa shape index (κ3) is 3.54. The number of nitriles is 1. The summed E-state index contributed by atoms with van der Waals surface area (Å²) in [6.45, 7) is 2.63. The van der Waals surface area contributed by atoms with Crippen molar-refractivity contribution in [3.05, 3.63) is 0 Å². The molecule has 2 aliphatic rings. The average Bonchev–Trinajstić information content (AvgIpc) is 2.96. The molecule has 0 amide bonds. The topological polar surface area (TPSA) is 102 Å². The van der Waals surface area contributed by atoms with Crippen LogP contribution in [0.15, 0.2) is 0 Å². The number of nitrogens with zero attached hydrogens (tertiary/aromatic N) is 3. The second-order valence-electron chi connectivity index (χ2n) is 5.61. The quantitative estimate of drug-likeness (QED) is 0.772. The van der Waals surface area contributed by atoms with Gasteiger partial charge in [0, 0.05) is 39.1 Å². The van der Waals surface area contributed by atoms with Crippen molar-refractivity contribution in [2.45, 2.75) is 30.9 Å². The van der Waals surface area contributed by atoms with E-state index >= 15 is 0 Å². The minimum Gasteiger partial charge on any atom is -0.481 e. The van der Waals surface area contributed by atoms with Crippen molar-refractivity contribution < 1.29 is 18.3 Å². The van der Waals surface area contributed by atoms with Gasteiger partial charge in [0.1, 0.15) is 0 Å². The monoisotopic (exact) mass is 315 g/mol. The van der Waals surface area contributed by atoms with Gasteiger partial charge in [-0.3, -0.25) is 9.69 Å². The van der Waals surface area contributed by atoms with Crippen molar-refractivity contribution in [3.63, 3.8) is 0 Å². The van der Waals surface area contributed by atoms with Gasteiger partial charge in [0.15, 0.2) is 0 Å². The van der Waals surface area contributed by atoms with E-state index in [9.17, 15) is 13.2 Å². The summed E-state index contributed by atoms with van der Waals surface area (Å²) in [7, 11) is -3.54. The van der Waals surface area contributed by atoms with Crippen LogP contribution < -0.4 is 0 Å². The van der Waals surface area contributed by atoms with Gasteiger partial charge in [-0.05, 0) is 12.8 Å². The van der Waals surface area contributed by atoms with Gasteiger partial charge < -0.3 is 5.11 Å².